The van der Waals surface area contributed by atoms with Crippen LogP contribution in [-0.2, 0) is 6.54 Å². The van der Waals surface area contributed by atoms with Gasteiger partial charge >= 0.3 is 0 Å². The molecule has 2 rings (SSSR count). The predicted octanol–water partition coefficient (Wildman–Crippen LogP) is 2.34. The Hall–Kier alpha value is -1.38. The minimum absolute atomic E-state index is 0.327. The Balaban J connectivity index is 2.07. The standard InChI is InChI=1S/C12H16N4S/c1-9-10(6-14-8-12(2,3)7-13)16-4-5-17-11(16)15-9/h4-5,14H,6,8H2,1-3H3. The Kier molecular flexibility index (Phi) is 3.18. The molecule has 5 heteroatoms. The summed E-state index contributed by atoms with van der Waals surface area (Å²) in [5.41, 5.74) is 1.90. The van der Waals surface area contributed by atoms with Gasteiger partial charge in [0.25, 0.3) is 0 Å². The van der Waals surface area contributed by atoms with E-state index in [0.717, 1.165) is 17.2 Å². The molecule has 90 valence electrons. The molecule has 4 nitrogen and oxygen atoms in total. The number of rotatable bonds is 4. The van der Waals surface area contributed by atoms with E-state index in [4.69, 9.17) is 5.26 Å². The second-order valence-corrected chi connectivity index (χ2v) is 5.67. The van der Waals surface area contributed by atoms with Crippen molar-refractivity contribution in [3.05, 3.63) is 23.0 Å². The van der Waals surface area contributed by atoms with Crippen molar-refractivity contribution in [2.45, 2.75) is 27.3 Å². The lowest BCUT2D eigenvalue weighted by Crippen LogP contribution is -2.28. The van der Waals surface area contributed by atoms with Gasteiger partial charge in [0.15, 0.2) is 4.96 Å². The van der Waals surface area contributed by atoms with Crippen molar-refractivity contribution >= 4 is 16.3 Å². The first-order valence-corrected chi connectivity index (χ1v) is 6.44. The minimum atomic E-state index is -0.327. The molecule has 0 radical (unpaired) electrons. The van der Waals surface area contributed by atoms with Gasteiger partial charge < -0.3 is 5.32 Å². The van der Waals surface area contributed by atoms with E-state index in [1.165, 1.54) is 5.69 Å². The van der Waals surface area contributed by atoms with Gasteiger partial charge in [-0.15, -0.1) is 11.3 Å². The van der Waals surface area contributed by atoms with Crippen molar-refractivity contribution < 1.29 is 0 Å². The highest BCUT2D eigenvalue weighted by Crippen LogP contribution is 2.17. The molecular formula is C12H16N4S. The molecule has 0 aromatic carbocycles. The van der Waals surface area contributed by atoms with Crippen molar-refractivity contribution in [3.8, 4) is 6.07 Å². The number of thiazole rings is 1. The number of nitrogens with one attached hydrogen (secondary N) is 1. The number of nitrogens with zero attached hydrogens (tertiary/aromatic N) is 3. The molecule has 2 aromatic heterocycles. The SMILES string of the molecule is Cc1nc2sccn2c1CNCC(C)(C)C#N. The molecule has 0 unspecified atom stereocenters. The Morgan fingerprint density at radius 1 is 1.59 bits per heavy atom. The van der Waals surface area contributed by atoms with Gasteiger partial charge in [-0.05, 0) is 20.8 Å². The van der Waals surface area contributed by atoms with Crippen LogP contribution in [0.25, 0.3) is 4.96 Å². The summed E-state index contributed by atoms with van der Waals surface area (Å²) in [5, 5.41) is 14.3. The first-order chi connectivity index (χ1) is 8.03. The van der Waals surface area contributed by atoms with E-state index in [0.29, 0.717) is 6.54 Å². The van der Waals surface area contributed by atoms with Gasteiger partial charge in [0.2, 0.25) is 0 Å². The van der Waals surface area contributed by atoms with Gasteiger partial charge in [0.1, 0.15) is 0 Å². The van der Waals surface area contributed by atoms with Gasteiger partial charge in [-0.1, -0.05) is 0 Å². The lowest BCUT2D eigenvalue weighted by Gasteiger charge is -2.15. The Morgan fingerprint density at radius 3 is 3.06 bits per heavy atom. The highest BCUT2D eigenvalue weighted by atomic mass is 32.1. The number of hydrogen-bond acceptors (Lipinski definition) is 4. The predicted molar refractivity (Wildman–Crippen MR) is 68.9 cm³/mol. The van der Waals surface area contributed by atoms with Crippen molar-refractivity contribution in [2.75, 3.05) is 6.54 Å². The Labute approximate surface area is 105 Å². The van der Waals surface area contributed by atoms with Crippen LogP contribution in [0, 0.1) is 23.7 Å². The molecule has 0 atom stereocenters. The normalized spacial score (nSPS) is 11.9. The lowest BCUT2D eigenvalue weighted by molar-refractivity contribution is 0.442. The summed E-state index contributed by atoms with van der Waals surface area (Å²) in [6, 6.07) is 2.29. The highest BCUT2D eigenvalue weighted by molar-refractivity contribution is 7.15. The molecule has 0 aliphatic heterocycles. The lowest BCUT2D eigenvalue weighted by atomic mass is 9.96. The van der Waals surface area contributed by atoms with Crippen LogP contribution >= 0.6 is 11.3 Å². The summed E-state index contributed by atoms with van der Waals surface area (Å²) in [7, 11) is 0. The molecule has 0 saturated carbocycles. The Bertz CT molecular complexity index is 559. The van der Waals surface area contributed by atoms with Crippen LogP contribution in [0.3, 0.4) is 0 Å². The van der Waals surface area contributed by atoms with E-state index in [1.807, 2.05) is 32.3 Å². The number of imidazole rings is 1. The van der Waals surface area contributed by atoms with Crippen molar-refractivity contribution in [2.24, 2.45) is 5.41 Å². The fourth-order valence-corrected chi connectivity index (χ4v) is 2.47. The third-order valence-electron chi connectivity index (χ3n) is 2.72. The zero-order valence-electron chi connectivity index (χ0n) is 10.3. The second kappa shape index (κ2) is 4.47. The quantitative estimate of drug-likeness (QED) is 0.903. The summed E-state index contributed by atoms with van der Waals surface area (Å²) in [6.07, 6.45) is 2.03. The highest BCUT2D eigenvalue weighted by Gasteiger charge is 2.16. The fourth-order valence-electron chi connectivity index (χ4n) is 1.69. The van der Waals surface area contributed by atoms with E-state index in [9.17, 15) is 0 Å². The maximum Gasteiger partial charge on any atom is 0.194 e. The van der Waals surface area contributed by atoms with Crippen LogP contribution < -0.4 is 5.32 Å². The first-order valence-electron chi connectivity index (χ1n) is 5.56. The van der Waals surface area contributed by atoms with Gasteiger partial charge in [-0.3, -0.25) is 4.40 Å². The molecule has 0 bridgehead atoms. The van der Waals surface area contributed by atoms with Crippen LogP contribution in [0.4, 0.5) is 0 Å². The minimum Gasteiger partial charge on any atom is -0.310 e. The van der Waals surface area contributed by atoms with E-state index in [-0.39, 0.29) is 5.41 Å². The topological polar surface area (TPSA) is 53.1 Å². The Morgan fingerprint density at radius 2 is 2.35 bits per heavy atom. The summed E-state index contributed by atoms with van der Waals surface area (Å²) < 4.78 is 2.10. The number of aromatic nitrogens is 2. The van der Waals surface area contributed by atoms with Gasteiger partial charge in [-0.25, -0.2) is 4.98 Å². The van der Waals surface area contributed by atoms with Crippen LogP contribution in [0.1, 0.15) is 25.2 Å². The van der Waals surface area contributed by atoms with Crippen LogP contribution in [0.2, 0.25) is 0 Å². The van der Waals surface area contributed by atoms with Gasteiger partial charge in [0, 0.05) is 24.7 Å². The molecule has 1 N–H and O–H groups in total. The molecule has 0 aliphatic rings. The molecule has 0 saturated heterocycles. The number of aryl methyl sites for hydroxylation is 1. The second-order valence-electron chi connectivity index (χ2n) is 4.80. The summed E-state index contributed by atoms with van der Waals surface area (Å²) in [5.74, 6) is 0. The van der Waals surface area contributed by atoms with E-state index in [1.54, 1.807) is 11.3 Å². The zero-order chi connectivity index (χ0) is 12.5. The van der Waals surface area contributed by atoms with E-state index < -0.39 is 0 Å². The van der Waals surface area contributed by atoms with Crippen LogP contribution in [0.15, 0.2) is 11.6 Å². The molecule has 2 heterocycles. The van der Waals surface area contributed by atoms with E-state index in [2.05, 4.69) is 20.8 Å². The largest absolute Gasteiger partial charge is 0.310 e. The van der Waals surface area contributed by atoms with Gasteiger partial charge in [-0.2, -0.15) is 5.26 Å². The number of hydrogen-bond donors (Lipinski definition) is 1. The maximum absolute atomic E-state index is 8.94. The fraction of sp³-hybridized carbons (Fsp3) is 0.500. The zero-order valence-corrected chi connectivity index (χ0v) is 11.1. The first kappa shape index (κ1) is 12.1. The average Bonchev–Trinajstić information content (AvgIpc) is 2.81. The molecular weight excluding hydrogens is 232 g/mol. The van der Waals surface area contributed by atoms with Gasteiger partial charge in [0.05, 0.1) is 22.9 Å². The maximum atomic E-state index is 8.94. The van der Waals surface area contributed by atoms with Crippen LogP contribution in [0.5, 0.6) is 0 Å². The molecule has 0 spiro atoms. The third kappa shape index (κ3) is 2.48. The monoisotopic (exact) mass is 248 g/mol. The molecule has 2 aromatic rings. The third-order valence-corrected chi connectivity index (χ3v) is 3.48. The van der Waals surface area contributed by atoms with Crippen molar-refractivity contribution in [1.82, 2.24) is 14.7 Å². The number of nitriles is 1. The van der Waals surface area contributed by atoms with Crippen molar-refractivity contribution in [3.63, 3.8) is 0 Å². The smallest absolute Gasteiger partial charge is 0.194 e. The van der Waals surface area contributed by atoms with Crippen LogP contribution in [-0.4, -0.2) is 15.9 Å². The molecule has 0 amide bonds. The molecule has 0 fully saturated rings. The van der Waals surface area contributed by atoms with E-state index >= 15 is 0 Å². The number of fused-ring (bicyclic) bond motifs is 1. The summed E-state index contributed by atoms with van der Waals surface area (Å²) >= 11 is 1.64. The summed E-state index contributed by atoms with van der Waals surface area (Å²) in [6.45, 7) is 7.31. The molecule has 17 heavy (non-hydrogen) atoms. The average molecular weight is 248 g/mol. The van der Waals surface area contributed by atoms with Crippen molar-refractivity contribution in [1.29, 1.82) is 5.26 Å². The summed E-state index contributed by atoms with van der Waals surface area (Å²) in [4.78, 5) is 5.51. The molecule has 0 aliphatic carbocycles.